The minimum atomic E-state index is -0.986. The molecule has 0 saturated heterocycles. The molecule has 42 heavy (non-hydrogen) atoms. The number of hydrogen-bond donors (Lipinski definition) is 2. The van der Waals surface area contributed by atoms with Gasteiger partial charge < -0.3 is 29.6 Å². The van der Waals surface area contributed by atoms with Crippen molar-refractivity contribution in [1.82, 2.24) is 10.6 Å². The lowest BCUT2D eigenvalue weighted by atomic mass is 10.1. The van der Waals surface area contributed by atoms with Gasteiger partial charge in [-0.15, -0.1) is 6.58 Å². The van der Waals surface area contributed by atoms with Crippen LogP contribution in [0.4, 0.5) is 9.59 Å². The minimum Gasteiger partial charge on any atom is -0.464 e. The van der Waals surface area contributed by atoms with Crippen LogP contribution < -0.4 is 10.6 Å². The molecule has 3 saturated carbocycles. The molecule has 242 valence electrons. The van der Waals surface area contributed by atoms with E-state index in [4.69, 9.17) is 18.9 Å². The molecule has 2 amide bonds. The normalized spacial score (nSPS) is 24.8. The molecule has 2 N–H and O–H groups in total. The van der Waals surface area contributed by atoms with Crippen LogP contribution in [0.15, 0.2) is 12.7 Å². The first-order valence-electron chi connectivity index (χ1n) is 13.4. The number of rotatable bonds is 8. The van der Waals surface area contributed by atoms with Gasteiger partial charge in [-0.2, -0.15) is 0 Å². The SMILES string of the molecule is C.C=C[C@@H]1C[C@]1(NC(=O)OC(C)(C)C)C(=O)OCC.CCOC(=O)[C@@]1(NC(=O)OC(C)(C)C)C[C@H]1C1CC1.S=S.S=S. The molecule has 0 aromatic rings. The Morgan fingerprint density at radius 3 is 1.48 bits per heavy atom. The van der Waals surface area contributed by atoms with Crippen LogP contribution in [-0.2, 0) is 73.3 Å². The van der Waals surface area contributed by atoms with Crippen molar-refractivity contribution in [2.75, 3.05) is 13.2 Å². The Hall–Kier alpha value is -1.90. The van der Waals surface area contributed by atoms with Crippen LogP contribution in [0.25, 0.3) is 0 Å². The van der Waals surface area contributed by atoms with Crippen molar-refractivity contribution < 1.29 is 38.1 Å². The summed E-state index contributed by atoms with van der Waals surface area (Å²) in [4.78, 5) is 47.5. The molecule has 10 nitrogen and oxygen atoms in total. The molecule has 3 aliphatic rings. The van der Waals surface area contributed by atoms with Crippen molar-refractivity contribution in [1.29, 1.82) is 0 Å². The third kappa shape index (κ3) is 13.2. The highest BCUT2D eigenvalue weighted by atomic mass is 32.8. The van der Waals surface area contributed by atoms with Crippen molar-refractivity contribution in [2.24, 2.45) is 17.8 Å². The highest BCUT2D eigenvalue weighted by molar-refractivity contribution is 8.07. The Kier molecular flexibility index (Phi) is 18.1. The maximum absolute atomic E-state index is 12.1. The predicted molar refractivity (Wildman–Crippen MR) is 173 cm³/mol. The minimum absolute atomic E-state index is 0. The highest BCUT2D eigenvalue weighted by Crippen LogP contribution is 2.57. The fourth-order valence-electron chi connectivity index (χ4n) is 4.28. The van der Waals surface area contributed by atoms with Crippen LogP contribution in [-0.4, -0.2) is 59.6 Å². The number of carbonyl (C=O) groups is 4. The van der Waals surface area contributed by atoms with Gasteiger partial charge in [0, 0.05) is 50.7 Å². The van der Waals surface area contributed by atoms with E-state index in [1.807, 2.05) is 0 Å². The average molecular weight is 669 g/mol. The molecule has 0 aromatic heterocycles. The zero-order valence-electron chi connectivity index (χ0n) is 25.2. The largest absolute Gasteiger partial charge is 0.464 e. The topological polar surface area (TPSA) is 129 Å². The second-order valence-electron chi connectivity index (χ2n) is 11.8. The third-order valence-corrected chi connectivity index (χ3v) is 6.23. The van der Waals surface area contributed by atoms with E-state index in [0.29, 0.717) is 25.4 Å². The summed E-state index contributed by atoms with van der Waals surface area (Å²) in [5.41, 5.74) is -2.98. The second-order valence-corrected chi connectivity index (χ2v) is 11.8. The fourth-order valence-corrected chi connectivity index (χ4v) is 4.28. The Morgan fingerprint density at radius 2 is 1.17 bits per heavy atom. The van der Waals surface area contributed by atoms with E-state index in [2.05, 4.69) is 62.0 Å². The Bertz CT molecular complexity index is 934. The molecule has 0 aliphatic heterocycles. The monoisotopic (exact) mass is 668 g/mol. The van der Waals surface area contributed by atoms with E-state index in [0.717, 1.165) is 12.8 Å². The Morgan fingerprint density at radius 1 is 0.786 bits per heavy atom. The molecule has 4 atom stereocenters. The van der Waals surface area contributed by atoms with Crippen LogP contribution >= 0.6 is 0 Å². The Balaban J connectivity index is 0. The smallest absolute Gasteiger partial charge is 0.408 e. The van der Waals surface area contributed by atoms with Gasteiger partial charge >= 0.3 is 24.1 Å². The number of alkyl carbamates (subject to hydrolysis) is 2. The van der Waals surface area contributed by atoms with Crippen LogP contribution in [0.2, 0.25) is 0 Å². The van der Waals surface area contributed by atoms with E-state index in [1.54, 1.807) is 61.5 Å². The second kappa shape index (κ2) is 18.0. The molecule has 0 bridgehead atoms. The van der Waals surface area contributed by atoms with Crippen LogP contribution in [0.1, 0.15) is 88.5 Å². The zero-order chi connectivity index (χ0) is 32.2. The standard InChI is InChI=1S/C14H23NO4.C13H21NO4.CH4.2S2/c1-5-18-11(16)14(8-10(14)9-6-7-9)15-12(17)19-13(2,3)4;1-6-9-8-13(9,10(15)17-7-2)14-11(16)18-12(3,4)5;;2*1-2/h9-10H,5-8H2,1-4H3,(H,15,17);6,9H,1,7-8H2,2-5H3,(H,14,16);1H4;;/t10-,14+;9-,13-;;;/m01.../s1. The molecule has 0 unspecified atom stereocenters. The number of ether oxygens (including phenoxy) is 4. The van der Waals surface area contributed by atoms with E-state index in [1.165, 1.54) is 0 Å². The maximum Gasteiger partial charge on any atom is 0.408 e. The van der Waals surface area contributed by atoms with Crippen LogP contribution in [0.3, 0.4) is 0 Å². The molecule has 0 spiro atoms. The summed E-state index contributed by atoms with van der Waals surface area (Å²) < 4.78 is 20.4. The zero-order valence-corrected chi connectivity index (χ0v) is 28.4. The molecular formula is C28H48N2O8S4. The summed E-state index contributed by atoms with van der Waals surface area (Å²) in [5, 5.41) is 5.35. The van der Waals surface area contributed by atoms with Crippen LogP contribution in [0, 0.1) is 17.8 Å². The van der Waals surface area contributed by atoms with Crippen LogP contribution in [0.5, 0.6) is 0 Å². The Labute approximate surface area is 271 Å². The first-order chi connectivity index (χ1) is 19.0. The summed E-state index contributed by atoms with van der Waals surface area (Å²) >= 11 is 14.7. The van der Waals surface area contributed by atoms with E-state index in [-0.39, 0.29) is 31.8 Å². The van der Waals surface area contributed by atoms with Crippen molar-refractivity contribution in [3.05, 3.63) is 12.7 Å². The van der Waals surface area contributed by atoms with E-state index >= 15 is 0 Å². The van der Waals surface area contributed by atoms with Gasteiger partial charge in [-0.05, 0) is 92.9 Å². The van der Waals surface area contributed by atoms with Gasteiger partial charge in [0.15, 0.2) is 0 Å². The van der Waals surface area contributed by atoms with E-state index in [9.17, 15) is 19.2 Å². The van der Waals surface area contributed by atoms with Gasteiger partial charge in [0.05, 0.1) is 13.2 Å². The number of hydrogen-bond acceptors (Lipinski definition) is 12. The van der Waals surface area contributed by atoms with Gasteiger partial charge in [0.25, 0.3) is 0 Å². The number of esters is 2. The highest BCUT2D eigenvalue weighted by Gasteiger charge is 2.67. The summed E-state index contributed by atoms with van der Waals surface area (Å²) in [6, 6.07) is 0. The molecule has 0 radical (unpaired) electrons. The summed E-state index contributed by atoms with van der Waals surface area (Å²) in [6.45, 7) is 18.4. The third-order valence-electron chi connectivity index (χ3n) is 6.23. The summed E-state index contributed by atoms with van der Waals surface area (Å²) in [7, 11) is 0. The number of carbonyl (C=O) groups excluding carboxylic acids is 4. The molecule has 3 aliphatic carbocycles. The molecule has 3 rings (SSSR count). The summed E-state index contributed by atoms with van der Waals surface area (Å²) in [6.07, 6.45) is 3.96. The van der Waals surface area contributed by atoms with Gasteiger partial charge in [-0.1, -0.05) is 13.5 Å². The lowest BCUT2D eigenvalue weighted by Gasteiger charge is -2.23. The van der Waals surface area contributed by atoms with Gasteiger partial charge in [0.1, 0.15) is 22.3 Å². The average Bonchev–Trinajstić information content (AvgIpc) is 3.74. The first-order valence-corrected chi connectivity index (χ1v) is 16.0. The number of nitrogens with one attached hydrogen (secondary N) is 2. The molecule has 0 aromatic carbocycles. The van der Waals surface area contributed by atoms with Crippen molar-refractivity contribution in [3.63, 3.8) is 0 Å². The first kappa shape index (κ1) is 42.2. The number of amides is 2. The van der Waals surface area contributed by atoms with Gasteiger partial charge in [-0.3, -0.25) is 0 Å². The molecular weight excluding hydrogens is 621 g/mol. The van der Waals surface area contributed by atoms with Crippen molar-refractivity contribution >= 4 is 68.9 Å². The quantitative estimate of drug-likeness (QED) is 0.208. The molecule has 0 heterocycles. The lowest BCUT2D eigenvalue weighted by molar-refractivity contribution is -0.148. The lowest BCUT2D eigenvalue weighted by Crippen LogP contribution is -2.48. The molecule has 3 fully saturated rings. The van der Waals surface area contributed by atoms with E-state index < -0.39 is 40.4 Å². The maximum atomic E-state index is 12.1. The van der Waals surface area contributed by atoms with Gasteiger partial charge in [-0.25, -0.2) is 19.2 Å². The predicted octanol–water partition coefficient (Wildman–Crippen LogP) is 4.89. The van der Waals surface area contributed by atoms with Crippen molar-refractivity contribution in [2.45, 2.75) is 111 Å². The van der Waals surface area contributed by atoms with Gasteiger partial charge in [0.2, 0.25) is 0 Å². The fraction of sp³-hybridized carbons (Fsp3) is 0.786. The molecule has 14 heteroatoms. The summed E-state index contributed by atoms with van der Waals surface area (Å²) in [5.74, 6) is -0.0685. The van der Waals surface area contributed by atoms with Crippen molar-refractivity contribution in [3.8, 4) is 0 Å².